The van der Waals surface area contributed by atoms with Gasteiger partial charge in [-0.05, 0) is 53.6 Å². The first-order valence-corrected chi connectivity index (χ1v) is 11.9. The Kier molecular flexibility index (Phi) is 6.83. The van der Waals surface area contributed by atoms with Gasteiger partial charge < -0.3 is 10.1 Å². The van der Waals surface area contributed by atoms with Gasteiger partial charge in [0.1, 0.15) is 11.4 Å². The summed E-state index contributed by atoms with van der Waals surface area (Å²) in [6.07, 6.45) is 0. The quantitative estimate of drug-likeness (QED) is 0.274. The summed E-state index contributed by atoms with van der Waals surface area (Å²) >= 11 is 6.52. The van der Waals surface area contributed by atoms with E-state index in [1.54, 1.807) is 23.9 Å². The molecule has 0 aliphatic carbocycles. The van der Waals surface area contributed by atoms with E-state index < -0.39 is 0 Å². The molecule has 36 heavy (non-hydrogen) atoms. The second-order valence-corrected chi connectivity index (χ2v) is 8.64. The molecule has 0 bridgehead atoms. The minimum absolute atomic E-state index is 0.264. The number of amides is 1. The molecule has 0 unspecified atom stereocenters. The van der Waals surface area contributed by atoms with Crippen LogP contribution in [0.5, 0.6) is 5.75 Å². The molecular weight excluding hydrogens is 470 g/mol. The summed E-state index contributed by atoms with van der Waals surface area (Å²) in [6.45, 7) is 0. The lowest BCUT2D eigenvalue weighted by Crippen LogP contribution is -2.31. The van der Waals surface area contributed by atoms with Crippen molar-refractivity contribution in [1.29, 1.82) is 0 Å². The van der Waals surface area contributed by atoms with E-state index >= 15 is 0 Å². The highest BCUT2D eigenvalue weighted by Crippen LogP contribution is 2.28. The molecule has 5 aromatic rings. The third kappa shape index (κ3) is 4.88. The molecule has 1 amide bonds. The molecule has 0 aliphatic heterocycles. The topological polar surface area (TPSA) is 56.1 Å². The lowest BCUT2D eigenvalue weighted by molar-refractivity contribution is 0.0935. The van der Waals surface area contributed by atoms with Gasteiger partial charge in [-0.25, -0.2) is 4.68 Å². The van der Waals surface area contributed by atoms with Crippen LogP contribution in [0, 0.1) is 0 Å². The minimum Gasteiger partial charge on any atom is -0.497 e. The molecule has 0 saturated heterocycles. The molecule has 1 aromatic heterocycles. The predicted octanol–water partition coefficient (Wildman–Crippen LogP) is 6.72. The highest BCUT2D eigenvalue weighted by atomic mass is 35.5. The first kappa shape index (κ1) is 23.4. The third-order valence-corrected chi connectivity index (χ3v) is 6.27. The number of nitrogens with zero attached hydrogens (tertiary/aromatic N) is 2. The molecule has 5 nitrogen and oxygen atoms in total. The van der Waals surface area contributed by atoms with Gasteiger partial charge in [-0.1, -0.05) is 84.4 Å². The Morgan fingerprint density at radius 2 is 1.42 bits per heavy atom. The van der Waals surface area contributed by atoms with Crippen LogP contribution in [-0.4, -0.2) is 22.8 Å². The lowest BCUT2D eigenvalue weighted by atomic mass is 9.98. The average molecular weight is 494 g/mol. The molecule has 1 heterocycles. The molecule has 0 saturated carbocycles. The zero-order valence-corrected chi connectivity index (χ0v) is 20.4. The second-order valence-electron chi connectivity index (χ2n) is 8.23. The summed E-state index contributed by atoms with van der Waals surface area (Å²) in [4.78, 5) is 13.8. The molecule has 0 aliphatic rings. The molecule has 0 radical (unpaired) electrons. The van der Waals surface area contributed by atoms with Crippen LogP contribution in [0.15, 0.2) is 115 Å². The largest absolute Gasteiger partial charge is 0.497 e. The standard InChI is InChI=1S/C30H24ClN3O2/c1-36-24-18-16-21(17-19-24)26-20-28(34(33-26)27-15-9-8-14-25(27)31)30(35)32-29(22-10-4-2-5-11-22)23-12-6-3-7-13-23/h2-20,29H,1H3,(H,32,35). The predicted molar refractivity (Wildman–Crippen MR) is 143 cm³/mol. The number of halogens is 1. The smallest absolute Gasteiger partial charge is 0.270 e. The monoisotopic (exact) mass is 493 g/mol. The van der Waals surface area contributed by atoms with Crippen molar-refractivity contribution in [3.8, 4) is 22.7 Å². The van der Waals surface area contributed by atoms with E-state index in [-0.39, 0.29) is 11.9 Å². The summed E-state index contributed by atoms with van der Waals surface area (Å²) < 4.78 is 6.88. The van der Waals surface area contributed by atoms with Crippen molar-refractivity contribution in [2.45, 2.75) is 6.04 Å². The summed E-state index contributed by atoms with van der Waals surface area (Å²) in [5.74, 6) is 0.482. The van der Waals surface area contributed by atoms with Crippen LogP contribution in [0.2, 0.25) is 5.02 Å². The third-order valence-electron chi connectivity index (χ3n) is 5.95. The van der Waals surface area contributed by atoms with Crippen LogP contribution in [0.4, 0.5) is 0 Å². The van der Waals surface area contributed by atoms with Crippen LogP contribution in [0.25, 0.3) is 16.9 Å². The van der Waals surface area contributed by atoms with Crippen LogP contribution in [0.3, 0.4) is 0 Å². The van der Waals surface area contributed by atoms with E-state index in [0.29, 0.717) is 22.1 Å². The Bertz CT molecular complexity index is 1430. The fourth-order valence-electron chi connectivity index (χ4n) is 4.11. The molecule has 178 valence electrons. The Balaban J connectivity index is 1.57. The van der Waals surface area contributed by atoms with E-state index in [1.165, 1.54) is 0 Å². The van der Waals surface area contributed by atoms with Gasteiger partial charge >= 0.3 is 0 Å². The van der Waals surface area contributed by atoms with Gasteiger partial charge in [-0.15, -0.1) is 0 Å². The average Bonchev–Trinajstić information content (AvgIpc) is 3.38. The zero-order valence-electron chi connectivity index (χ0n) is 19.6. The van der Waals surface area contributed by atoms with E-state index in [4.69, 9.17) is 21.4 Å². The van der Waals surface area contributed by atoms with Crippen LogP contribution >= 0.6 is 11.6 Å². The fraction of sp³-hybridized carbons (Fsp3) is 0.0667. The summed E-state index contributed by atoms with van der Waals surface area (Å²) in [5, 5.41) is 8.49. The number of hydrogen-bond donors (Lipinski definition) is 1. The molecular formula is C30H24ClN3O2. The number of methoxy groups -OCH3 is 1. The number of hydrogen-bond acceptors (Lipinski definition) is 3. The van der Waals surface area contributed by atoms with Crippen LogP contribution in [0.1, 0.15) is 27.7 Å². The van der Waals surface area contributed by atoms with Gasteiger partial charge in [-0.2, -0.15) is 5.10 Å². The molecule has 0 atom stereocenters. The van der Waals surface area contributed by atoms with Gasteiger partial charge in [0.25, 0.3) is 5.91 Å². The lowest BCUT2D eigenvalue weighted by Gasteiger charge is -2.20. The number of carbonyl (C=O) groups is 1. The maximum absolute atomic E-state index is 13.8. The first-order valence-electron chi connectivity index (χ1n) is 11.5. The number of rotatable bonds is 7. The van der Waals surface area contributed by atoms with Crippen molar-refractivity contribution in [3.63, 3.8) is 0 Å². The van der Waals surface area contributed by atoms with Crippen molar-refractivity contribution in [2.75, 3.05) is 7.11 Å². The zero-order chi connectivity index (χ0) is 24.9. The first-order chi connectivity index (χ1) is 17.6. The number of nitrogens with one attached hydrogen (secondary N) is 1. The molecule has 4 aromatic carbocycles. The minimum atomic E-state index is -0.334. The number of para-hydroxylation sites is 1. The van der Waals surface area contributed by atoms with Gasteiger partial charge in [0, 0.05) is 5.56 Å². The number of carbonyl (C=O) groups excluding carboxylic acids is 1. The molecule has 1 N–H and O–H groups in total. The van der Waals surface area contributed by atoms with E-state index in [9.17, 15) is 4.79 Å². The van der Waals surface area contributed by atoms with Gasteiger partial charge in [-0.3, -0.25) is 4.79 Å². The Morgan fingerprint density at radius 1 is 0.833 bits per heavy atom. The van der Waals surface area contributed by atoms with Crippen LogP contribution < -0.4 is 10.1 Å². The number of ether oxygens (including phenoxy) is 1. The van der Waals surface area contributed by atoms with Crippen molar-refractivity contribution in [3.05, 3.63) is 137 Å². The maximum atomic E-state index is 13.8. The van der Waals surface area contributed by atoms with Crippen molar-refractivity contribution in [1.82, 2.24) is 15.1 Å². The Hall–Kier alpha value is -4.35. The van der Waals surface area contributed by atoms with Crippen molar-refractivity contribution in [2.24, 2.45) is 0 Å². The Morgan fingerprint density at radius 3 is 2.00 bits per heavy atom. The Labute approximate surface area is 214 Å². The van der Waals surface area contributed by atoms with Crippen LogP contribution in [-0.2, 0) is 0 Å². The van der Waals surface area contributed by atoms with Crippen molar-refractivity contribution >= 4 is 17.5 Å². The van der Waals surface area contributed by atoms with Crippen molar-refractivity contribution < 1.29 is 9.53 Å². The molecule has 5 rings (SSSR count). The second kappa shape index (κ2) is 10.5. The number of aromatic nitrogens is 2. The SMILES string of the molecule is COc1ccc(-c2cc(C(=O)NC(c3ccccc3)c3ccccc3)n(-c3ccccc3Cl)n2)cc1. The number of benzene rings is 4. The van der Waals surface area contributed by atoms with E-state index in [2.05, 4.69) is 5.32 Å². The summed E-state index contributed by atoms with van der Waals surface area (Å²) in [6, 6.07) is 36.2. The molecule has 0 fully saturated rings. The highest BCUT2D eigenvalue weighted by molar-refractivity contribution is 6.32. The summed E-state index contributed by atoms with van der Waals surface area (Å²) in [5.41, 5.74) is 4.48. The highest BCUT2D eigenvalue weighted by Gasteiger charge is 2.23. The van der Waals surface area contributed by atoms with Gasteiger partial charge in [0.2, 0.25) is 0 Å². The molecule has 6 heteroatoms. The van der Waals surface area contributed by atoms with Gasteiger partial charge in [0.15, 0.2) is 0 Å². The fourth-order valence-corrected chi connectivity index (χ4v) is 4.32. The molecule has 0 spiro atoms. The normalized spacial score (nSPS) is 10.9. The van der Waals surface area contributed by atoms with E-state index in [0.717, 1.165) is 22.4 Å². The van der Waals surface area contributed by atoms with Gasteiger partial charge in [0.05, 0.1) is 29.6 Å². The summed E-state index contributed by atoms with van der Waals surface area (Å²) in [7, 11) is 1.62. The van der Waals surface area contributed by atoms with E-state index in [1.807, 2.05) is 103 Å². The maximum Gasteiger partial charge on any atom is 0.270 e.